The molecular weight excluding hydrogens is 302 g/mol. The summed E-state index contributed by atoms with van der Waals surface area (Å²) in [5.74, 6) is -0.745. The molecule has 0 bridgehead atoms. The average molecular weight is 315 g/mol. The summed E-state index contributed by atoms with van der Waals surface area (Å²) in [6, 6.07) is -0.839. The molecule has 1 aromatic heterocycles. The quantitative estimate of drug-likeness (QED) is 0.614. The Kier molecular flexibility index (Phi) is 4.39. The molecule has 1 fully saturated rings. The van der Waals surface area contributed by atoms with E-state index in [0.29, 0.717) is 22.3 Å². The summed E-state index contributed by atoms with van der Waals surface area (Å²) in [5, 5.41) is 9.45. The molecule has 108 valence electrons. The molecule has 7 nitrogen and oxygen atoms in total. The van der Waals surface area contributed by atoms with E-state index in [4.69, 9.17) is 5.11 Å². The Morgan fingerprint density at radius 3 is 2.85 bits per heavy atom. The number of nitrogens with one attached hydrogen (secondary N) is 1. The van der Waals surface area contributed by atoms with Crippen molar-refractivity contribution in [1.82, 2.24) is 14.9 Å². The number of carboxylic acids is 1. The summed E-state index contributed by atoms with van der Waals surface area (Å²) >= 11 is 2.58. The van der Waals surface area contributed by atoms with Gasteiger partial charge in [-0.3, -0.25) is 4.79 Å². The third-order valence-electron chi connectivity index (χ3n) is 2.92. The van der Waals surface area contributed by atoms with Crippen molar-refractivity contribution in [3.05, 3.63) is 21.7 Å². The van der Waals surface area contributed by atoms with Crippen LogP contribution in [0.3, 0.4) is 0 Å². The first kappa shape index (κ1) is 14.9. The molecule has 0 radical (unpaired) electrons. The van der Waals surface area contributed by atoms with E-state index in [1.165, 1.54) is 28.4 Å². The third-order valence-corrected chi connectivity index (χ3v) is 4.62. The molecule has 9 heteroatoms. The van der Waals surface area contributed by atoms with Crippen LogP contribution in [0.1, 0.15) is 16.1 Å². The molecular formula is C11H13N3O4S2. The Morgan fingerprint density at radius 1 is 1.55 bits per heavy atom. The second-order valence-electron chi connectivity index (χ2n) is 4.18. The van der Waals surface area contributed by atoms with Gasteiger partial charge in [-0.1, -0.05) is 0 Å². The lowest BCUT2D eigenvalue weighted by atomic mass is 10.2. The number of thioether (sulfide) groups is 2. The van der Waals surface area contributed by atoms with E-state index in [2.05, 4.69) is 9.97 Å². The fraction of sp³-hybridized carbons (Fsp3) is 0.455. The van der Waals surface area contributed by atoms with Gasteiger partial charge in [0.05, 0.1) is 11.4 Å². The molecule has 1 saturated heterocycles. The number of hydrogen-bond acceptors (Lipinski definition) is 6. The zero-order chi connectivity index (χ0) is 14.9. The highest BCUT2D eigenvalue weighted by Crippen LogP contribution is 2.26. The summed E-state index contributed by atoms with van der Waals surface area (Å²) in [5.41, 5.74) is 0.153. The molecule has 1 aromatic rings. The van der Waals surface area contributed by atoms with Crippen LogP contribution in [0.4, 0.5) is 0 Å². The van der Waals surface area contributed by atoms with Crippen LogP contribution in [0.5, 0.6) is 0 Å². The first-order valence-corrected chi connectivity index (χ1v) is 8.10. The van der Waals surface area contributed by atoms with Gasteiger partial charge in [0.1, 0.15) is 11.1 Å². The van der Waals surface area contributed by atoms with Crippen molar-refractivity contribution in [2.24, 2.45) is 0 Å². The molecule has 1 aliphatic heterocycles. The monoisotopic (exact) mass is 315 g/mol. The Hall–Kier alpha value is -1.48. The lowest BCUT2D eigenvalue weighted by Gasteiger charge is -2.21. The minimum atomic E-state index is -1.02. The highest BCUT2D eigenvalue weighted by atomic mass is 32.2. The van der Waals surface area contributed by atoms with Crippen molar-refractivity contribution in [2.75, 3.05) is 17.9 Å². The highest BCUT2D eigenvalue weighted by molar-refractivity contribution is 7.99. The molecule has 0 saturated carbocycles. The lowest BCUT2D eigenvalue weighted by molar-refractivity contribution is -0.140. The van der Waals surface area contributed by atoms with E-state index in [1.807, 2.05) is 0 Å². The third kappa shape index (κ3) is 2.68. The predicted octanol–water partition coefficient (Wildman–Crippen LogP) is 0.400. The van der Waals surface area contributed by atoms with Crippen molar-refractivity contribution in [3.8, 4) is 0 Å². The Labute approximate surface area is 123 Å². The fourth-order valence-electron chi connectivity index (χ4n) is 1.95. The van der Waals surface area contributed by atoms with Gasteiger partial charge in [0.15, 0.2) is 0 Å². The van der Waals surface area contributed by atoms with Crippen LogP contribution in [0.15, 0.2) is 9.82 Å². The summed E-state index contributed by atoms with van der Waals surface area (Å²) in [6.07, 6.45) is 1.71. The van der Waals surface area contributed by atoms with Gasteiger partial charge in [0, 0.05) is 11.4 Å². The average Bonchev–Trinajstić information content (AvgIpc) is 2.86. The number of carboxylic acid groups (broad SMARTS) is 1. The number of carbonyl (C=O) groups excluding carboxylic acids is 1. The van der Waals surface area contributed by atoms with Crippen LogP contribution in [0.25, 0.3) is 0 Å². The number of aromatic amines is 1. The molecule has 0 aliphatic carbocycles. The topological polar surface area (TPSA) is 103 Å². The maximum absolute atomic E-state index is 12.5. The molecule has 2 heterocycles. The van der Waals surface area contributed by atoms with Crippen LogP contribution in [0.2, 0.25) is 0 Å². The first-order valence-electron chi connectivity index (χ1n) is 5.72. The van der Waals surface area contributed by atoms with E-state index in [1.54, 1.807) is 13.2 Å². The molecule has 20 heavy (non-hydrogen) atoms. The van der Waals surface area contributed by atoms with Crippen LogP contribution < -0.4 is 5.69 Å². The van der Waals surface area contributed by atoms with Crippen molar-refractivity contribution in [1.29, 1.82) is 0 Å². The molecule has 1 atom stereocenters. The molecule has 1 amide bonds. The molecule has 2 rings (SSSR count). The lowest BCUT2D eigenvalue weighted by Crippen LogP contribution is -2.42. The maximum atomic E-state index is 12.5. The van der Waals surface area contributed by atoms with E-state index in [9.17, 15) is 14.4 Å². The molecule has 1 aliphatic rings. The van der Waals surface area contributed by atoms with Gasteiger partial charge in [-0.15, -0.1) is 23.5 Å². The zero-order valence-corrected chi connectivity index (χ0v) is 12.5. The smallest absolute Gasteiger partial charge is 0.346 e. The van der Waals surface area contributed by atoms with Gasteiger partial charge >= 0.3 is 11.7 Å². The standard InChI is InChI=1S/C11H13N3O4S2/c1-5-7(8(19-2)13-11(18)12-5)9(15)14-4-20-3-6(14)10(16)17/h6H,3-4H2,1-2H3,(H,16,17)(H,12,13,18)/t6-/m0/s1. The number of H-pyrrole nitrogens is 1. The van der Waals surface area contributed by atoms with Crippen molar-refractivity contribution in [2.45, 2.75) is 18.0 Å². The number of rotatable bonds is 3. The second kappa shape index (κ2) is 5.88. The van der Waals surface area contributed by atoms with Crippen LogP contribution in [-0.4, -0.2) is 55.8 Å². The fourth-order valence-corrected chi connectivity index (χ4v) is 3.71. The zero-order valence-electron chi connectivity index (χ0n) is 10.9. The van der Waals surface area contributed by atoms with Crippen LogP contribution in [-0.2, 0) is 4.79 Å². The van der Waals surface area contributed by atoms with E-state index < -0.39 is 23.6 Å². The van der Waals surface area contributed by atoms with Gasteiger partial charge in [0.25, 0.3) is 5.91 Å². The SMILES string of the molecule is CSc1nc(=O)[nH]c(C)c1C(=O)N1CSC[C@H]1C(=O)O. The molecule has 2 N–H and O–H groups in total. The van der Waals surface area contributed by atoms with Crippen molar-refractivity contribution in [3.63, 3.8) is 0 Å². The first-order chi connectivity index (χ1) is 9.45. The number of amides is 1. The summed E-state index contributed by atoms with van der Waals surface area (Å²) in [6.45, 7) is 1.61. The second-order valence-corrected chi connectivity index (χ2v) is 5.97. The molecule has 0 unspecified atom stereocenters. The molecule has 0 aromatic carbocycles. The highest BCUT2D eigenvalue weighted by Gasteiger charge is 2.36. The maximum Gasteiger partial charge on any atom is 0.346 e. The van der Waals surface area contributed by atoms with Gasteiger partial charge in [-0.05, 0) is 13.2 Å². The van der Waals surface area contributed by atoms with Gasteiger partial charge in [-0.2, -0.15) is 4.98 Å². The van der Waals surface area contributed by atoms with Crippen molar-refractivity contribution < 1.29 is 14.7 Å². The van der Waals surface area contributed by atoms with Gasteiger partial charge in [0.2, 0.25) is 0 Å². The Morgan fingerprint density at radius 2 is 2.25 bits per heavy atom. The normalized spacial score (nSPS) is 18.3. The van der Waals surface area contributed by atoms with Crippen LogP contribution in [0, 0.1) is 6.92 Å². The van der Waals surface area contributed by atoms with Gasteiger partial charge in [-0.25, -0.2) is 9.59 Å². The Bertz CT molecular complexity index is 616. The van der Waals surface area contributed by atoms with E-state index in [-0.39, 0.29) is 5.56 Å². The van der Waals surface area contributed by atoms with Gasteiger partial charge < -0.3 is 15.0 Å². The minimum Gasteiger partial charge on any atom is -0.480 e. The number of hydrogen-bond donors (Lipinski definition) is 2. The molecule has 0 spiro atoms. The predicted molar refractivity (Wildman–Crippen MR) is 76.3 cm³/mol. The summed E-state index contributed by atoms with van der Waals surface area (Å²) in [7, 11) is 0. The minimum absolute atomic E-state index is 0.269. The largest absolute Gasteiger partial charge is 0.480 e. The van der Waals surface area contributed by atoms with E-state index in [0.717, 1.165) is 0 Å². The van der Waals surface area contributed by atoms with Crippen LogP contribution >= 0.6 is 23.5 Å². The number of carbonyl (C=O) groups is 2. The van der Waals surface area contributed by atoms with Crippen molar-refractivity contribution >= 4 is 35.4 Å². The van der Waals surface area contributed by atoms with E-state index >= 15 is 0 Å². The number of aliphatic carboxylic acids is 1. The number of aryl methyl sites for hydroxylation is 1. The summed E-state index contributed by atoms with van der Waals surface area (Å²) < 4.78 is 0. The number of aromatic nitrogens is 2. The summed E-state index contributed by atoms with van der Waals surface area (Å²) in [4.78, 5) is 42.6. The number of nitrogens with zero attached hydrogens (tertiary/aromatic N) is 2. The Balaban J connectivity index is 2.43.